The Morgan fingerprint density at radius 3 is 2.73 bits per heavy atom. The van der Waals surface area contributed by atoms with Gasteiger partial charge in [0.05, 0.1) is 10.9 Å². The number of benzene rings is 1. The predicted octanol–water partition coefficient (Wildman–Crippen LogP) is 3.56. The van der Waals surface area contributed by atoms with Crippen molar-refractivity contribution >= 4 is 38.3 Å². The van der Waals surface area contributed by atoms with Crippen LogP contribution in [0, 0.1) is 0 Å². The Morgan fingerprint density at radius 2 is 1.81 bits per heavy atom. The molecule has 0 atom stereocenters. The number of para-hydroxylation sites is 1. The number of fused-ring (bicyclic) bond motifs is 2. The van der Waals surface area contributed by atoms with Crippen LogP contribution in [-0.2, 0) is 6.54 Å². The molecule has 0 aliphatic carbocycles. The lowest BCUT2D eigenvalue weighted by molar-refractivity contribution is 0.250. The van der Waals surface area contributed by atoms with Crippen molar-refractivity contribution in [2.45, 2.75) is 6.54 Å². The van der Waals surface area contributed by atoms with E-state index in [1.165, 1.54) is 16.3 Å². The first-order valence-corrected chi connectivity index (χ1v) is 9.74. The fraction of sp³-hybridized carbons (Fsp3) is 0.250. The second-order valence-electron chi connectivity index (χ2n) is 6.59. The highest BCUT2D eigenvalue weighted by molar-refractivity contribution is 7.16. The normalized spacial score (nSPS) is 15.8. The molecule has 0 saturated carbocycles. The highest BCUT2D eigenvalue weighted by atomic mass is 32.1. The Labute approximate surface area is 155 Å². The number of hydrogen-bond acceptors (Lipinski definition) is 6. The van der Waals surface area contributed by atoms with E-state index in [1.807, 2.05) is 12.3 Å². The summed E-state index contributed by atoms with van der Waals surface area (Å²) in [6, 6.07) is 12.7. The zero-order chi connectivity index (χ0) is 17.3. The summed E-state index contributed by atoms with van der Waals surface area (Å²) in [5, 5.41) is 4.47. The molecule has 130 valence electrons. The Bertz CT molecular complexity index is 1050. The maximum Gasteiger partial charge on any atom is 0.140 e. The lowest BCUT2D eigenvalue weighted by atomic mass is 10.1. The van der Waals surface area contributed by atoms with E-state index in [0.29, 0.717) is 0 Å². The minimum atomic E-state index is 0.944. The maximum atomic E-state index is 4.58. The Hall–Kier alpha value is -2.57. The molecule has 5 rings (SSSR count). The first-order valence-electron chi connectivity index (χ1n) is 8.86. The van der Waals surface area contributed by atoms with Gasteiger partial charge in [-0.05, 0) is 23.1 Å². The summed E-state index contributed by atoms with van der Waals surface area (Å²) in [6.07, 6.45) is 3.56. The summed E-state index contributed by atoms with van der Waals surface area (Å²) in [7, 11) is 0. The van der Waals surface area contributed by atoms with Crippen molar-refractivity contribution in [3.63, 3.8) is 0 Å². The summed E-state index contributed by atoms with van der Waals surface area (Å²) in [6.45, 7) is 4.97. The summed E-state index contributed by atoms with van der Waals surface area (Å²) in [5.41, 5.74) is 2.42. The number of rotatable bonds is 3. The second kappa shape index (κ2) is 6.63. The number of pyridine rings is 1. The number of hydrogen-bond donors (Lipinski definition) is 0. The molecule has 3 aromatic heterocycles. The van der Waals surface area contributed by atoms with Gasteiger partial charge in [0.2, 0.25) is 0 Å². The average Bonchev–Trinajstić information content (AvgIpc) is 3.18. The molecule has 1 saturated heterocycles. The molecule has 0 radical (unpaired) electrons. The SMILES string of the molecule is c1cnc2c(CN3CCN(c4ncnc5sccc45)CC3)cccc2c1. The Kier molecular flexibility index (Phi) is 3.99. The Balaban J connectivity index is 1.32. The third-order valence-electron chi connectivity index (χ3n) is 5.02. The van der Waals surface area contributed by atoms with Crippen LogP contribution in [0.5, 0.6) is 0 Å². The van der Waals surface area contributed by atoms with Crippen molar-refractivity contribution < 1.29 is 0 Å². The van der Waals surface area contributed by atoms with Crippen LogP contribution >= 0.6 is 11.3 Å². The van der Waals surface area contributed by atoms with Crippen molar-refractivity contribution in [3.05, 3.63) is 59.9 Å². The molecule has 0 spiro atoms. The predicted molar refractivity (Wildman–Crippen MR) is 107 cm³/mol. The van der Waals surface area contributed by atoms with Crippen molar-refractivity contribution in [3.8, 4) is 0 Å². The first kappa shape index (κ1) is 15.7. The maximum absolute atomic E-state index is 4.58. The van der Waals surface area contributed by atoms with Crippen LogP contribution in [0.3, 0.4) is 0 Å². The van der Waals surface area contributed by atoms with Crippen molar-refractivity contribution in [2.75, 3.05) is 31.1 Å². The highest BCUT2D eigenvalue weighted by Crippen LogP contribution is 2.27. The quantitative estimate of drug-likeness (QED) is 0.558. The molecular weight excluding hydrogens is 342 g/mol. The zero-order valence-corrected chi connectivity index (χ0v) is 15.2. The summed E-state index contributed by atoms with van der Waals surface area (Å²) >= 11 is 1.67. The van der Waals surface area contributed by atoms with E-state index in [9.17, 15) is 0 Å². The lowest BCUT2D eigenvalue weighted by Gasteiger charge is -2.35. The van der Waals surface area contributed by atoms with Crippen molar-refractivity contribution in [1.29, 1.82) is 0 Å². The third-order valence-corrected chi connectivity index (χ3v) is 5.84. The number of nitrogens with zero attached hydrogens (tertiary/aromatic N) is 5. The molecule has 1 aromatic carbocycles. The van der Waals surface area contributed by atoms with Crippen LogP contribution in [0.4, 0.5) is 5.82 Å². The third kappa shape index (κ3) is 2.81. The lowest BCUT2D eigenvalue weighted by Crippen LogP contribution is -2.46. The van der Waals surface area contributed by atoms with Crippen LogP contribution in [0.25, 0.3) is 21.1 Å². The van der Waals surface area contributed by atoms with Gasteiger partial charge in [-0.2, -0.15) is 0 Å². The molecule has 0 unspecified atom stereocenters. The van der Waals surface area contributed by atoms with Gasteiger partial charge >= 0.3 is 0 Å². The molecule has 5 nitrogen and oxygen atoms in total. The molecule has 1 fully saturated rings. The van der Waals surface area contributed by atoms with Crippen LogP contribution < -0.4 is 4.90 Å². The van der Waals surface area contributed by atoms with Crippen LogP contribution in [0.15, 0.2) is 54.3 Å². The molecule has 1 aliphatic rings. The van der Waals surface area contributed by atoms with E-state index in [1.54, 1.807) is 17.7 Å². The molecule has 0 bridgehead atoms. The van der Waals surface area contributed by atoms with Crippen LogP contribution in [0.1, 0.15) is 5.56 Å². The monoisotopic (exact) mass is 361 g/mol. The number of aromatic nitrogens is 3. The summed E-state index contributed by atoms with van der Waals surface area (Å²) in [5.74, 6) is 1.07. The van der Waals surface area contributed by atoms with Gasteiger partial charge in [-0.1, -0.05) is 24.3 Å². The Morgan fingerprint density at radius 1 is 0.923 bits per heavy atom. The zero-order valence-electron chi connectivity index (χ0n) is 14.4. The van der Waals surface area contributed by atoms with Crippen molar-refractivity contribution in [1.82, 2.24) is 19.9 Å². The number of anilines is 1. The first-order chi connectivity index (χ1) is 12.9. The summed E-state index contributed by atoms with van der Waals surface area (Å²) < 4.78 is 0. The molecular formula is C20H19N5S. The number of piperazine rings is 1. The second-order valence-corrected chi connectivity index (χ2v) is 7.49. The highest BCUT2D eigenvalue weighted by Gasteiger charge is 2.20. The van der Waals surface area contributed by atoms with Gasteiger partial charge < -0.3 is 4.90 Å². The molecule has 1 aliphatic heterocycles. The number of thiophene rings is 1. The van der Waals surface area contributed by atoms with Gasteiger partial charge in [-0.3, -0.25) is 9.88 Å². The fourth-order valence-electron chi connectivity index (χ4n) is 3.68. The van der Waals surface area contributed by atoms with Gasteiger partial charge in [0.15, 0.2) is 0 Å². The largest absolute Gasteiger partial charge is 0.353 e. The molecule has 26 heavy (non-hydrogen) atoms. The van der Waals surface area contributed by atoms with Gasteiger partial charge in [-0.25, -0.2) is 9.97 Å². The van der Waals surface area contributed by atoms with E-state index in [0.717, 1.165) is 48.9 Å². The van der Waals surface area contributed by atoms with E-state index >= 15 is 0 Å². The average molecular weight is 361 g/mol. The molecule has 4 aromatic rings. The fourth-order valence-corrected chi connectivity index (χ4v) is 4.41. The van der Waals surface area contributed by atoms with Crippen molar-refractivity contribution in [2.24, 2.45) is 0 Å². The van der Waals surface area contributed by atoms with Crippen LogP contribution in [0.2, 0.25) is 0 Å². The molecule has 0 N–H and O–H groups in total. The van der Waals surface area contributed by atoms with E-state index in [-0.39, 0.29) is 0 Å². The van der Waals surface area contributed by atoms with Gasteiger partial charge in [-0.15, -0.1) is 11.3 Å². The van der Waals surface area contributed by atoms with Gasteiger partial charge in [0, 0.05) is 44.3 Å². The minimum absolute atomic E-state index is 0.944. The topological polar surface area (TPSA) is 45.2 Å². The van der Waals surface area contributed by atoms with E-state index in [4.69, 9.17) is 0 Å². The minimum Gasteiger partial charge on any atom is -0.353 e. The molecule has 0 amide bonds. The summed E-state index contributed by atoms with van der Waals surface area (Å²) in [4.78, 5) is 19.4. The van der Waals surface area contributed by atoms with Gasteiger partial charge in [0.1, 0.15) is 17.0 Å². The van der Waals surface area contributed by atoms with E-state index in [2.05, 4.69) is 60.5 Å². The van der Waals surface area contributed by atoms with E-state index < -0.39 is 0 Å². The molecule has 6 heteroatoms. The smallest absolute Gasteiger partial charge is 0.140 e. The van der Waals surface area contributed by atoms with Gasteiger partial charge in [0.25, 0.3) is 0 Å². The molecule has 4 heterocycles. The standard InChI is InChI=1S/C20H19N5S/c1-3-15-5-2-7-21-18(15)16(4-1)13-24-8-10-25(11-9-24)19-17-6-12-26-20(17)23-14-22-19/h1-7,12,14H,8-11,13H2. The van der Waals surface area contributed by atoms with Crippen LogP contribution in [-0.4, -0.2) is 46.0 Å².